The first kappa shape index (κ1) is 16.8. The third kappa shape index (κ3) is 2.81. The molecule has 3 aliphatic heterocycles. The Balaban J connectivity index is 1.60. The van der Waals surface area contributed by atoms with Gasteiger partial charge in [-0.25, -0.2) is 0 Å². The molecular formula is C22H25NO4. The maximum Gasteiger partial charge on any atom is 0.231 e. The molecule has 0 radical (unpaired) electrons. The molecule has 0 aliphatic carbocycles. The first-order valence-electron chi connectivity index (χ1n) is 9.73. The van der Waals surface area contributed by atoms with Gasteiger partial charge in [0.1, 0.15) is 11.5 Å². The molecule has 0 unspecified atom stereocenters. The summed E-state index contributed by atoms with van der Waals surface area (Å²) in [5.74, 6) is 3.93. The summed E-state index contributed by atoms with van der Waals surface area (Å²) in [4.78, 5) is 2.48. The SMILES string of the molecule is COc1ccc([C@@H]2c3cc4c(cc3O[C@@H](N3CCCC3)[C@H]2C)OCO4)cc1. The van der Waals surface area contributed by atoms with Crippen molar-refractivity contribution in [1.29, 1.82) is 0 Å². The van der Waals surface area contributed by atoms with Crippen LogP contribution in [0.15, 0.2) is 36.4 Å². The molecule has 0 bridgehead atoms. The zero-order valence-electron chi connectivity index (χ0n) is 15.8. The van der Waals surface area contributed by atoms with E-state index in [1.165, 1.54) is 24.0 Å². The van der Waals surface area contributed by atoms with Crippen LogP contribution in [0.5, 0.6) is 23.0 Å². The molecule has 5 heteroatoms. The van der Waals surface area contributed by atoms with Gasteiger partial charge in [-0.15, -0.1) is 0 Å². The standard InChI is InChI=1S/C22H25NO4/c1-14-21(15-5-7-16(24-2)8-6-15)17-11-19-20(26-13-25-19)12-18(17)27-22(14)23-9-3-4-10-23/h5-8,11-12,14,21-22H,3-4,9-10,13H2,1-2H3/t14-,21+,22+/m0/s1. The topological polar surface area (TPSA) is 40.2 Å². The van der Waals surface area contributed by atoms with Gasteiger partial charge in [0, 0.05) is 36.6 Å². The van der Waals surface area contributed by atoms with Crippen LogP contribution in [0.25, 0.3) is 0 Å². The van der Waals surface area contributed by atoms with Gasteiger partial charge in [0.05, 0.1) is 7.11 Å². The van der Waals surface area contributed by atoms with Crippen LogP contribution in [0.2, 0.25) is 0 Å². The van der Waals surface area contributed by atoms with E-state index in [0.29, 0.717) is 5.92 Å². The van der Waals surface area contributed by atoms with Gasteiger partial charge in [-0.2, -0.15) is 0 Å². The van der Waals surface area contributed by atoms with E-state index in [2.05, 4.69) is 30.0 Å². The van der Waals surface area contributed by atoms with Gasteiger partial charge in [-0.1, -0.05) is 19.1 Å². The molecule has 0 spiro atoms. The van der Waals surface area contributed by atoms with Gasteiger partial charge in [-0.3, -0.25) is 4.90 Å². The highest BCUT2D eigenvalue weighted by Gasteiger charge is 2.41. The van der Waals surface area contributed by atoms with E-state index in [-0.39, 0.29) is 18.9 Å². The first-order valence-corrected chi connectivity index (χ1v) is 9.73. The molecule has 2 aromatic rings. The molecule has 3 atom stereocenters. The van der Waals surface area contributed by atoms with Crippen molar-refractivity contribution in [2.24, 2.45) is 5.92 Å². The average molecular weight is 367 g/mol. The lowest BCUT2D eigenvalue weighted by Crippen LogP contribution is -2.46. The fourth-order valence-corrected chi connectivity index (χ4v) is 4.67. The largest absolute Gasteiger partial charge is 0.497 e. The maximum absolute atomic E-state index is 6.52. The van der Waals surface area contributed by atoms with Crippen molar-refractivity contribution in [3.05, 3.63) is 47.5 Å². The molecule has 1 saturated heterocycles. The van der Waals surface area contributed by atoms with Crippen molar-refractivity contribution in [2.75, 3.05) is 27.0 Å². The Morgan fingerprint density at radius 3 is 2.37 bits per heavy atom. The molecule has 0 aromatic heterocycles. The third-order valence-electron chi connectivity index (χ3n) is 6.04. The second-order valence-electron chi connectivity index (χ2n) is 7.60. The van der Waals surface area contributed by atoms with Crippen molar-refractivity contribution < 1.29 is 18.9 Å². The number of fused-ring (bicyclic) bond motifs is 2. The van der Waals surface area contributed by atoms with Gasteiger partial charge < -0.3 is 18.9 Å². The number of hydrogen-bond acceptors (Lipinski definition) is 5. The molecule has 5 nitrogen and oxygen atoms in total. The zero-order chi connectivity index (χ0) is 18.4. The van der Waals surface area contributed by atoms with Crippen molar-refractivity contribution in [1.82, 2.24) is 4.90 Å². The maximum atomic E-state index is 6.52. The highest BCUT2D eigenvalue weighted by atomic mass is 16.7. The quantitative estimate of drug-likeness (QED) is 0.820. The molecule has 3 heterocycles. The van der Waals surface area contributed by atoms with Crippen molar-refractivity contribution in [3.8, 4) is 23.0 Å². The molecule has 0 N–H and O–H groups in total. The van der Waals surface area contributed by atoms with E-state index >= 15 is 0 Å². The summed E-state index contributed by atoms with van der Waals surface area (Å²) in [7, 11) is 1.70. The van der Waals surface area contributed by atoms with Crippen LogP contribution in [0.4, 0.5) is 0 Å². The van der Waals surface area contributed by atoms with Crippen LogP contribution in [-0.4, -0.2) is 38.1 Å². The number of likely N-dealkylation sites (tertiary alicyclic amines) is 1. The Labute approximate surface area is 159 Å². The van der Waals surface area contributed by atoms with E-state index in [1.54, 1.807) is 7.11 Å². The minimum absolute atomic E-state index is 0.0764. The molecule has 3 aliphatic rings. The predicted octanol–water partition coefficient (Wildman–Crippen LogP) is 4.01. The summed E-state index contributed by atoms with van der Waals surface area (Å²) in [6.07, 6.45) is 2.56. The smallest absolute Gasteiger partial charge is 0.231 e. The molecule has 0 amide bonds. The van der Waals surface area contributed by atoms with Gasteiger partial charge in [0.2, 0.25) is 6.79 Å². The van der Waals surface area contributed by atoms with Gasteiger partial charge >= 0.3 is 0 Å². The number of ether oxygens (including phenoxy) is 4. The Morgan fingerprint density at radius 2 is 1.67 bits per heavy atom. The Bertz CT molecular complexity index is 829. The van der Waals surface area contributed by atoms with Gasteiger partial charge in [0.25, 0.3) is 0 Å². The Hall–Kier alpha value is -2.40. The number of methoxy groups -OCH3 is 1. The van der Waals surface area contributed by atoms with Crippen LogP contribution >= 0.6 is 0 Å². The Morgan fingerprint density at radius 1 is 0.963 bits per heavy atom. The van der Waals surface area contributed by atoms with E-state index in [9.17, 15) is 0 Å². The normalized spacial score (nSPS) is 26.5. The number of hydrogen-bond donors (Lipinski definition) is 0. The van der Waals surface area contributed by atoms with E-state index in [1.807, 2.05) is 18.2 Å². The molecule has 1 fully saturated rings. The zero-order valence-corrected chi connectivity index (χ0v) is 15.8. The van der Waals surface area contributed by atoms with Crippen molar-refractivity contribution >= 4 is 0 Å². The molecule has 27 heavy (non-hydrogen) atoms. The lowest BCUT2D eigenvalue weighted by molar-refractivity contribution is -0.0178. The molecule has 5 rings (SSSR count). The first-order chi connectivity index (χ1) is 13.2. The van der Waals surface area contributed by atoms with Crippen LogP contribution in [0.1, 0.15) is 36.8 Å². The van der Waals surface area contributed by atoms with Crippen LogP contribution in [-0.2, 0) is 0 Å². The molecule has 0 saturated carbocycles. The molecular weight excluding hydrogens is 342 g/mol. The minimum Gasteiger partial charge on any atom is -0.497 e. The second-order valence-corrected chi connectivity index (χ2v) is 7.60. The fraction of sp³-hybridized carbons (Fsp3) is 0.455. The minimum atomic E-state index is 0.0764. The number of benzene rings is 2. The van der Waals surface area contributed by atoms with Crippen LogP contribution in [0.3, 0.4) is 0 Å². The van der Waals surface area contributed by atoms with Crippen molar-refractivity contribution in [3.63, 3.8) is 0 Å². The summed E-state index contributed by atoms with van der Waals surface area (Å²) >= 11 is 0. The number of rotatable bonds is 3. The van der Waals surface area contributed by atoms with Gasteiger partial charge in [0.15, 0.2) is 17.7 Å². The monoisotopic (exact) mass is 367 g/mol. The average Bonchev–Trinajstić information content (AvgIpc) is 3.38. The van der Waals surface area contributed by atoms with Gasteiger partial charge in [-0.05, 0) is 36.6 Å². The highest BCUT2D eigenvalue weighted by Crippen LogP contribution is 2.50. The summed E-state index contributed by atoms with van der Waals surface area (Å²) in [6.45, 7) is 4.77. The lowest BCUT2D eigenvalue weighted by atomic mass is 9.78. The van der Waals surface area contributed by atoms with E-state index in [4.69, 9.17) is 18.9 Å². The predicted molar refractivity (Wildman–Crippen MR) is 102 cm³/mol. The summed E-state index contributed by atoms with van der Waals surface area (Å²) in [5, 5.41) is 0. The number of nitrogens with zero attached hydrogens (tertiary/aromatic N) is 1. The van der Waals surface area contributed by atoms with E-state index in [0.717, 1.165) is 36.1 Å². The molecule has 2 aromatic carbocycles. The second kappa shape index (κ2) is 6.64. The highest BCUT2D eigenvalue weighted by molar-refractivity contribution is 5.56. The van der Waals surface area contributed by atoms with Crippen molar-refractivity contribution in [2.45, 2.75) is 31.9 Å². The summed E-state index contributed by atoms with van der Waals surface area (Å²) in [5.41, 5.74) is 2.45. The summed E-state index contributed by atoms with van der Waals surface area (Å²) in [6, 6.07) is 12.5. The lowest BCUT2D eigenvalue weighted by Gasteiger charge is -2.42. The molecule has 142 valence electrons. The fourth-order valence-electron chi connectivity index (χ4n) is 4.67. The van der Waals surface area contributed by atoms with E-state index < -0.39 is 0 Å². The summed E-state index contributed by atoms with van der Waals surface area (Å²) < 4.78 is 23.1. The third-order valence-corrected chi connectivity index (χ3v) is 6.04. The van der Waals surface area contributed by atoms with Crippen LogP contribution in [0, 0.1) is 5.92 Å². The Kier molecular flexibility index (Phi) is 4.12. The van der Waals surface area contributed by atoms with Crippen LogP contribution < -0.4 is 18.9 Å².